The van der Waals surface area contributed by atoms with Crippen LogP contribution in [-0.2, 0) is 10.0 Å². The molecule has 9 heteroatoms. The Morgan fingerprint density at radius 2 is 1.68 bits per heavy atom. The molecule has 0 amide bonds. The van der Waals surface area contributed by atoms with Crippen LogP contribution in [0.15, 0.2) is 82.5 Å². The van der Waals surface area contributed by atoms with Gasteiger partial charge in [-0.25, -0.2) is 13.4 Å². The molecule has 1 unspecified atom stereocenters. The van der Waals surface area contributed by atoms with Gasteiger partial charge in [-0.1, -0.05) is 37.1 Å². The van der Waals surface area contributed by atoms with Crippen molar-refractivity contribution in [1.29, 1.82) is 0 Å². The first-order chi connectivity index (χ1) is 17.8. The molecule has 1 atom stereocenters. The third-order valence-electron chi connectivity index (χ3n) is 6.17. The number of aromatic nitrogens is 2. The molecule has 0 bridgehead atoms. The molecule has 194 valence electrons. The number of rotatable bonds is 10. The van der Waals surface area contributed by atoms with Gasteiger partial charge in [-0.05, 0) is 80.9 Å². The number of halogens is 1. The molecule has 7 nitrogen and oxygen atoms in total. The Labute approximate surface area is 222 Å². The van der Waals surface area contributed by atoms with Gasteiger partial charge in [0.05, 0.1) is 34.1 Å². The predicted molar refractivity (Wildman–Crippen MR) is 147 cm³/mol. The zero-order valence-electron chi connectivity index (χ0n) is 21.1. The molecule has 0 saturated carbocycles. The van der Waals surface area contributed by atoms with Crippen LogP contribution in [-0.4, -0.2) is 35.4 Å². The van der Waals surface area contributed by atoms with Crippen molar-refractivity contribution in [1.82, 2.24) is 13.9 Å². The van der Waals surface area contributed by atoms with E-state index in [4.69, 9.17) is 21.3 Å². The summed E-state index contributed by atoms with van der Waals surface area (Å²) in [4.78, 5) is 18.7. The third-order valence-corrected chi connectivity index (χ3v) is 8.40. The van der Waals surface area contributed by atoms with E-state index in [1.165, 1.54) is 21.0 Å². The average Bonchev–Trinajstić information content (AvgIpc) is 2.90. The second kappa shape index (κ2) is 11.5. The Bertz CT molecular complexity index is 1530. The van der Waals surface area contributed by atoms with Crippen molar-refractivity contribution in [3.8, 4) is 11.4 Å². The van der Waals surface area contributed by atoms with E-state index >= 15 is 0 Å². The van der Waals surface area contributed by atoms with Crippen molar-refractivity contribution in [2.45, 2.75) is 44.6 Å². The molecule has 1 aromatic heterocycles. The Morgan fingerprint density at radius 3 is 2.32 bits per heavy atom. The monoisotopic (exact) mass is 539 g/mol. The van der Waals surface area contributed by atoms with Gasteiger partial charge >= 0.3 is 0 Å². The lowest BCUT2D eigenvalue weighted by atomic mass is 10.2. The maximum atomic E-state index is 13.8. The zero-order chi connectivity index (χ0) is 26.6. The Balaban J connectivity index is 1.91. The lowest BCUT2D eigenvalue weighted by Crippen LogP contribution is -2.38. The topological polar surface area (TPSA) is 81.5 Å². The molecule has 4 rings (SSSR count). The van der Waals surface area contributed by atoms with Crippen molar-refractivity contribution in [3.05, 3.63) is 94.0 Å². The Hall–Kier alpha value is -3.20. The molecule has 1 heterocycles. The van der Waals surface area contributed by atoms with Crippen LogP contribution in [0.4, 0.5) is 0 Å². The number of para-hydroxylation sites is 1. The molecule has 0 spiro atoms. The van der Waals surface area contributed by atoms with E-state index in [2.05, 4.69) is 0 Å². The fourth-order valence-electron chi connectivity index (χ4n) is 4.24. The third kappa shape index (κ3) is 5.56. The fourth-order valence-corrected chi connectivity index (χ4v) is 6.00. The van der Waals surface area contributed by atoms with Gasteiger partial charge in [-0.15, -0.1) is 0 Å². The van der Waals surface area contributed by atoms with Gasteiger partial charge in [-0.2, -0.15) is 4.31 Å². The van der Waals surface area contributed by atoms with Crippen molar-refractivity contribution in [3.63, 3.8) is 0 Å². The molecular formula is C28H30ClN3O4S. The highest BCUT2D eigenvalue weighted by Crippen LogP contribution is 2.30. The summed E-state index contributed by atoms with van der Waals surface area (Å²) in [6.07, 6.45) is 1.45. The quantitative estimate of drug-likeness (QED) is 0.247. The van der Waals surface area contributed by atoms with Crippen LogP contribution in [0.25, 0.3) is 16.6 Å². The molecule has 0 aliphatic heterocycles. The van der Waals surface area contributed by atoms with Gasteiger partial charge in [0.15, 0.2) is 0 Å². The van der Waals surface area contributed by atoms with Crippen LogP contribution in [0.1, 0.15) is 45.5 Å². The van der Waals surface area contributed by atoms with E-state index in [-0.39, 0.29) is 17.0 Å². The standard InChI is InChI=1S/C28H30ClN3O4S/c1-4-6-19-31(37(34,35)24-17-11-21(29)12-18-24)20(3)27-30-26-10-8-7-9-25(26)28(33)32(27)22-13-15-23(16-14-22)36-5-2/h7-18,20H,4-6,19H2,1-3H3. The van der Waals surface area contributed by atoms with Crippen LogP contribution >= 0.6 is 11.6 Å². The summed E-state index contributed by atoms with van der Waals surface area (Å²) < 4.78 is 36.1. The number of hydrogen-bond donors (Lipinski definition) is 0. The molecule has 0 aliphatic carbocycles. The Kier molecular flexibility index (Phi) is 8.32. The first-order valence-corrected chi connectivity index (χ1v) is 14.1. The lowest BCUT2D eigenvalue weighted by molar-refractivity contribution is 0.322. The van der Waals surface area contributed by atoms with Crippen LogP contribution in [0.2, 0.25) is 5.02 Å². The maximum Gasteiger partial charge on any atom is 0.266 e. The maximum absolute atomic E-state index is 13.8. The van der Waals surface area contributed by atoms with E-state index < -0.39 is 16.1 Å². The average molecular weight is 540 g/mol. The van der Waals surface area contributed by atoms with Crippen LogP contribution in [0, 0.1) is 0 Å². The minimum atomic E-state index is -3.92. The molecule has 0 aliphatic rings. The number of ether oxygens (including phenoxy) is 1. The van der Waals surface area contributed by atoms with Crippen LogP contribution < -0.4 is 10.3 Å². The molecular weight excluding hydrogens is 510 g/mol. The number of hydrogen-bond acceptors (Lipinski definition) is 5. The van der Waals surface area contributed by atoms with E-state index in [0.29, 0.717) is 46.2 Å². The van der Waals surface area contributed by atoms with Gasteiger partial charge in [-0.3, -0.25) is 9.36 Å². The summed E-state index contributed by atoms with van der Waals surface area (Å²) in [5, 5.41) is 0.903. The van der Waals surface area contributed by atoms with E-state index in [0.717, 1.165) is 6.42 Å². The van der Waals surface area contributed by atoms with E-state index in [1.807, 2.05) is 19.9 Å². The highest BCUT2D eigenvalue weighted by Gasteiger charge is 2.32. The van der Waals surface area contributed by atoms with Crippen LogP contribution in [0.5, 0.6) is 5.75 Å². The Morgan fingerprint density at radius 1 is 1.00 bits per heavy atom. The van der Waals surface area contributed by atoms with Gasteiger partial charge in [0.25, 0.3) is 5.56 Å². The molecule has 4 aromatic rings. The molecule has 0 N–H and O–H groups in total. The first kappa shape index (κ1) is 26.9. The van der Waals surface area contributed by atoms with Gasteiger partial charge in [0.1, 0.15) is 11.6 Å². The lowest BCUT2D eigenvalue weighted by Gasteiger charge is -2.29. The largest absolute Gasteiger partial charge is 0.494 e. The van der Waals surface area contributed by atoms with Crippen molar-refractivity contribution < 1.29 is 13.2 Å². The fraction of sp³-hybridized carbons (Fsp3) is 0.286. The van der Waals surface area contributed by atoms with Crippen molar-refractivity contribution >= 4 is 32.5 Å². The second-order valence-corrected chi connectivity index (χ2v) is 11.0. The molecule has 0 saturated heterocycles. The van der Waals surface area contributed by atoms with Crippen LogP contribution in [0.3, 0.4) is 0 Å². The number of unbranched alkanes of at least 4 members (excludes halogenated alkanes) is 1. The van der Waals surface area contributed by atoms with E-state index in [1.54, 1.807) is 61.5 Å². The minimum Gasteiger partial charge on any atom is -0.494 e. The summed E-state index contributed by atoms with van der Waals surface area (Å²) in [6, 6.07) is 19.6. The number of sulfonamides is 1. The van der Waals surface area contributed by atoms with Gasteiger partial charge < -0.3 is 4.74 Å². The van der Waals surface area contributed by atoms with Crippen molar-refractivity contribution in [2.75, 3.05) is 13.2 Å². The summed E-state index contributed by atoms with van der Waals surface area (Å²) in [5.74, 6) is 1.01. The minimum absolute atomic E-state index is 0.135. The summed E-state index contributed by atoms with van der Waals surface area (Å²) in [5.41, 5.74) is 0.819. The number of nitrogens with zero attached hydrogens (tertiary/aromatic N) is 3. The highest BCUT2D eigenvalue weighted by atomic mass is 35.5. The number of benzene rings is 3. The normalized spacial score (nSPS) is 12.7. The SMILES string of the molecule is CCCCN(C(C)c1nc2ccccc2c(=O)n1-c1ccc(OCC)cc1)S(=O)(=O)c1ccc(Cl)cc1. The summed E-state index contributed by atoms with van der Waals surface area (Å²) in [7, 11) is -3.92. The molecule has 0 fully saturated rings. The van der Waals surface area contributed by atoms with Gasteiger partial charge in [0, 0.05) is 11.6 Å². The molecule has 3 aromatic carbocycles. The molecule has 37 heavy (non-hydrogen) atoms. The van der Waals surface area contributed by atoms with E-state index in [9.17, 15) is 13.2 Å². The first-order valence-electron chi connectivity index (χ1n) is 12.3. The zero-order valence-corrected chi connectivity index (χ0v) is 22.7. The van der Waals surface area contributed by atoms with Crippen molar-refractivity contribution in [2.24, 2.45) is 0 Å². The second-order valence-electron chi connectivity index (χ2n) is 8.65. The van der Waals surface area contributed by atoms with Gasteiger partial charge in [0.2, 0.25) is 10.0 Å². The molecule has 0 radical (unpaired) electrons. The highest BCUT2D eigenvalue weighted by molar-refractivity contribution is 7.89. The number of fused-ring (bicyclic) bond motifs is 1. The predicted octanol–water partition coefficient (Wildman–Crippen LogP) is 5.99. The summed E-state index contributed by atoms with van der Waals surface area (Å²) >= 11 is 6.01. The smallest absolute Gasteiger partial charge is 0.266 e. The summed E-state index contributed by atoms with van der Waals surface area (Å²) in [6.45, 7) is 6.47.